The van der Waals surface area contributed by atoms with Gasteiger partial charge < -0.3 is 9.64 Å². The number of ether oxygens (including phenoxy) is 1. The Morgan fingerprint density at radius 3 is 2.41 bits per heavy atom. The van der Waals surface area contributed by atoms with Gasteiger partial charge in [-0.1, -0.05) is 13.8 Å². The largest absolute Gasteiger partial charge is 0.383 e. The number of methoxy groups -OCH3 is 1. The molecule has 0 aromatic rings. The standard InChI is InChI=1S/C13H26N2O2/c1-12(2)4-5-13(16)15-8-6-14(7-9-15)10-11-17-3/h12H,4-11H2,1-3H3. The fourth-order valence-corrected chi connectivity index (χ4v) is 2.01. The van der Waals surface area contributed by atoms with Crippen LogP contribution in [0.25, 0.3) is 0 Å². The average molecular weight is 242 g/mol. The Morgan fingerprint density at radius 2 is 1.88 bits per heavy atom. The number of rotatable bonds is 6. The van der Waals surface area contributed by atoms with Crippen molar-refractivity contribution in [2.24, 2.45) is 5.92 Å². The van der Waals surface area contributed by atoms with E-state index in [1.54, 1.807) is 7.11 Å². The van der Waals surface area contributed by atoms with Gasteiger partial charge in [0.2, 0.25) is 5.91 Å². The minimum atomic E-state index is 0.324. The lowest BCUT2D eigenvalue weighted by Crippen LogP contribution is -2.49. The van der Waals surface area contributed by atoms with E-state index in [-0.39, 0.29) is 0 Å². The molecule has 1 amide bonds. The number of carbonyl (C=O) groups excluding carboxylic acids is 1. The molecule has 1 saturated heterocycles. The molecule has 0 aliphatic carbocycles. The molecule has 4 heteroatoms. The highest BCUT2D eigenvalue weighted by atomic mass is 16.5. The van der Waals surface area contributed by atoms with Gasteiger partial charge in [0.1, 0.15) is 0 Å². The van der Waals surface area contributed by atoms with Gasteiger partial charge in [-0.25, -0.2) is 0 Å². The maximum absolute atomic E-state index is 11.9. The van der Waals surface area contributed by atoms with Crippen LogP contribution in [0.4, 0.5) is 0 Å². The molecule has 1 heterocycles. The summed E-state index contributed by atoms with van der Waals surface area (Å²) in [6.07, 6.45) is 1.71. The van der Waals surface area contributed by atoms with Crippen molar-refractivity contribution in [1.29, 1.82) is 0 Å². The Kier molecular flexibility index (Phi) is 6.52. The highest BCUT2D eigenvalue weighted by Gasteiger charge is 2.20. The summed E-state index contributed by atoms with van der Waals surface area (Å²) in [6, 6.07) is 0. The number of hydrogen-bond donors (Lipinski definition) is 0. The Bertz CT molecular complexity index is 223. The van der Waals surface area contributed by atoms with Gasteiger partial charge in [-0.2, -0.15) is 0 Å². The molecule has 0 aromatic heterocycles. The van der Waals surface area contributed by atoms with Crippen LogP contribution in [0.2, 0.25) is 0 Å². The molecule has 1 aliphatic rings. The molecule has 0 aromatic carbocycles. The van der Waals surface area contributed by atoms with Crippen LogP contribution in [0.1, 0.15) is 26.7 Å². The molecule has 0 saturated carbocycles. The summed E-state index contributed by atoms with van der Waals surface area (Å²) in [7, 11) is 1.73. The van der Waals surface area contributed by atoms with Crippen LogP contribution in [-0.2, 0) is 9.53 Å². The summed E-state index contributed by atoms with van der Waals surface area (Å²) in [5.74, 6) is 0.937. The van der Waals surface area contributed by atoms with E-state index in [0.29, 0.717) is 18.2 Å². The van der Waals surface area contributed by atoms with Crippen molar-refractivity contribution in [3.05, 3.63) is 0 Å². The molecule has 0 N–H and O–H groups in total. The second-order valence-electron chi connectivity index (χ2n) is 5.15. The third kappa shape index (κ3) is 5.50. The number of amides is 1. The quantitative estimate of drug-likeness (QED) is 0.702. The topological polar surface area (TPSA) is 32.8 Å². The summed E-state index contributed by atoms with van der Waals surface area (Å²) in [6.45, 7) is 9.80. The van der Waals surface area contributed by atoms with Crippen molar-refractivity contribution in [1.82, 2.24) is 9.80 Å². The lowest BCUT2D eigenvalue weighted by atomic mass is 10.1. The van der Waals surface area contributed by atoms with Crippen LogP contribution in [0.5, 0.6) is 0 Å². The molecule has 1 rings (SSSR count). The van der Waals surface area contributed by atoms with E-state index in [9.17, 15) is 4.79 Å². The molecule has 1 aliphatic heterocycles. The van der Waals surface area contributed by atoms with Crippen LogP contribution in [-0.4, -0.2) is 62.1 Å². The zero-order chi connectivity index (χ0) is 12.7. The minimum absolute atomic E-state index is 0.324. The van der Waals surface area contributed by atoms with Gasteiger partial charge in [-0.05, 0) is 12.3 Å². The smallest absolute Gasteiger partial charge is 0.222 e. The molecule has 0 atom stereocenters. The lowest BCUT2D eigenvalue weighted by Gasteiger charge is -2.34. The Morgan fingerprint density at radius 1 is 1.24 bits per heavy atom. The minimum Gasteiger partial charge on any atom is -0.383 e. The Labute approximate surface area is 105 Å². The Balaban J connectivity index is 2.19. The molecular formula is C13H26N2O2. The van der Waals surface area contributed by atoms with Gasteiger partial charge in [-0.3, -0.25) is 9.69 Å². The van der Waals surface area contributed by atoms with Gasteiger partial charge in [0.05, 0.1) is 6.61 Å². The highest BCUT2D eigenvalue weighted by Crippen LogP contribution is 2.08. The van der Waals surface area contributed by atoms with E-state index in [1.165, 1.54) is 0 Å². The van der Waals surface area contributed by atoms with Crippen molar-refractivity contribution in [2.45, 2.75) is 26.7 Å². The van der Waals surface area contributed by atoms with Crippen molar-refractivity contribution in [3.8, 4) is 0 Å². The van der Waals surface area contributed by atoms with Crippen LogP contribution < -0.4 is 0 Å². The Hall–Kier alpha value is -0.610. The van der Waals surface area contributed by atoms with Gasteiger partial charge in [0.25, 0.3) is 0 Å². The van der Waals surface area contributed by atoms with Crippen LogP contribution >= 0.6 is 0 Å². The van der Waals surface area contributed by atoms with E-state index in [0.717, 1.165) is 45.8 Å². The van der Waals surface area contributed by atoms with Crippen molar-refractivity contribution < 1.29 is 9.53 Å². The van der Waals surface area contributed by atoms with E-state index in [2.05, 4.69) is 18.7 Å². The monoisotopic (exact) mass is 242 g/mol. The fourth-order valence-electron chi connectivity index (χ4n) is 2.01. The zero-order valence-corrected chi connectivity index (χ0v) is 11.4. The lowest BCUT2D eigenvalue weighted by molar-refractivity contribution is -0.133. The molecule has 0 radical (unpaired) electrons. The van der Waals surface area contributed by atoms with Gasteiger partial charge in [0, 0.05) is 46.3 Å². The molecule has 4 nitrogen and oxygen atoms in total. The van der Waals surface area contributed by atoms with E-state index < -0.39 is 0 Å². The van der Waals surface area contributed by atoms with Crippen molar-refractivity contribution in [2.75, 3.05) is 46.4 Å². The molecule has 1 fully saturated rings. The van der Waals surface area contributed by atoms with Gasteiger partial charge >= 0.3 is 0 Å². The first-order valence-corrected chi connectivity index (χ1v) is 6.62. The van der Waals surface area contributed by atoms with Crippen LogP contribution in [0.15, 0.2) is 0 Å². The third-order valence-corrected chi connectivity index (χ3v) is 3.27. The van der Waals surface area contributed by atoms with E-state index in [4.69, 9.17) is 4.74 Å². The predicted molar refractivity (Wildman–Crippen MR) is 69.0 cm³/mol. The molecule has 0 unspecified atom stereocenters. The summed E-state index contributed by atoms with van der Waals surface area (Å²) >= 11 is 0. The van der Waals surface area contributed by atoms with Crippen molar-refractivity contribution >= 4 is 5.91 Å². The second kappa shape index (κ2) is 7.67. The average Bonchev–Trinajstić information content (AvgIpc) is 2.34. The maximum atomic E-state index is 11.9. The summed E-state index contributed by atoms with van der Waals surface area (Å²) < 4.78 is 5.06. The summed E-state index contributed by atoms with van der Waals surface area (Å²) in [4.78, 5) is 16.3. The van der Waals surface area contributed by atoms with Crippen molar-refractivity contribution in [3.63, 3.8) is 0 Å². The highest BCUT2D eigenvalue weighted by molar-refractivity contribution is 5.76. The number of piperazine rings is 1. The molecule has 0 bridgehead atoms. The van der Waals surface area contributed by atoms with E-state index in [1.807, 2.05) is 4.90 Å². The van der Waals surface area contributed by atoms with E-state index >= 15 is 0 Å². The first-order chi connectivity index (χ1) is 8.13. The first-order valence-electron chi connectivity index (χ1n) is 6.62. The third-order valence-electron chi connectivity index (χ3n) is 3.27. The SMILES string of the molecule is COCCN1CCN(C(=O)CCC(C)C)CC1. The fraction of sp³-hybridized carbons (Fsp3) is 0.923. The molecule has 17 heavy (non-hydrogen) atoms. The molecular weight excluding hydrogens is 216 g/mol. The maximum Gasteiger partial charge on any atom is 0.222 e. The first kappa shape index (κ1) is 14.5. The van der Waals surface area contributed by atoms with Crippen LogP contribution in [0, 0.1) is 5.92 Å². The zero-order valence-electron chi connectivity index (χ0n) is 11.4. The molecule has 0 spiro atoms. The number of hydrogen-bond acceptors (Lipinski definition) is 3. The number of nitrogens with zero attached hydrogens (tertiary/aromatic N) is 2. The number of carbonyl (C=O) groups is 1. The second-order valence-corrected chi connectivity index (χ2v) is 5.15. The normalized spacial score (nSPS) is 17.8. The van der Waals surface area contributed by atoms with Gasteiger partial charge in [-0.15, -0.1) is 0 Å². The molecule has 100 valence electrons. The predicted octanol–water partition coefficient (Wildman–Crippen LogP) is 1.21. The van der Waals surface area contributed by atoms with Gasteiger partial charge in [0.15, 0.2) is 0 Å². The summed E-state index contributed by atoms with van der Waals surface area (Å²) in [5.41, 5.74) is 0. The van der Waals surface area contributed by atoms with Crippen LogP contribution in [0.3, 0.4) is 0 Å². The summed E-state index contributed by atoms with van der Waals surface area (Å²) in [5, 5.41) is 0.